The molecule has 4 aliphatic rings. The Morgan fingerprint density at radius 1 is 0.812 bits per heavy atom. The van der Waals surface area contributed by atoms with Gasteiger partial charge in [0.05, 0.1) is 14.2 Å². The lowest BCUT2D eigenvalue weighted by Crippen LogP contribution is -2.59. The van der Waals surface area contributed by atoms with Crippen molar-refractivity contribution in [1.29, 1.82) is 0 Å². The summed E-state index contributed by atoms with van der Waals surface area (Å²) in [6.07, 6.45) is 7.69. The quantitative estimate of drug-likeness (QED) is 0.272. The van der Waals surface area contributed by atoms with Crippen LogP contribution in [0, 0.1) is 23.2 Å². The number of rotatable bonds is 6. The summed E-state index contributed by atoms with van der Waals surface area (Å²) >= 11 is 0. The van der Waals surface area contributed by atoms with Gasteiger partial charge in [0.2, 0.25) is 0 Å². The average molecular weight is 653 g/mol. The average Bonchev–Trinajstić information content (AvgIpc) is 3.05. The largest absolute Gasteiger partial charge is 0.504 e. The molecule has 0 aliphatic heterocycles. The number of carbonyl (C=O) groups is 2. The van der Waals surface area contributed by atoms with Gasteiger partial charge in [-0.2, -0.15) is 0 Å². The monoisotopic (exact) mass is 652 g/mol. The van der Waals surface area contributed by atoms with Crippen molar-refractivity contribution < 1.29 is 38.7 Å². The molecule has 7 rings (SSSR count). The fourth-order valence-corrected chi connectivity index (χ4v) is 10.1. The zero-order chi connectivity index (χ0) is 33.7. The summed E-state index contributed by atoms with van der Waals surface area (Å²) in [5.74, 6) is 0.438. The second-order valence-corrected chi connectivity index (χ2v) is 14.1. The number of methoxy groups -OCH3 is 2. The first-order valence-electron chi connectivity index (χ1n) is 17.0. The van der Waals surface area contributed by atoms with Crippen LogP contribution in [0.25, 0.3) is 6.08 Å². The highest BCUT2D eigenvalue weighted by Crippen LogP contribution is 2.69. The number of fused-ring (bicyclic) bond motifs is 4. The summed E-state index contributed by atoms with van der Waals surface area (Å²) in [6.45, 7) is 2.88. The molecule has 4 aliphatic carbocycles. The predicted molar refractivity (Wildman–Crippen MR) is 180 cm³/mol. The first kappa shape index (κ1) is 32.1. The molecule has 0 heterocycles. The van der Waals surface area contributed by atoms with Crippen molar-refractivity contribution in [2.45, 2.75) is 76.4 Å². The van der Waals surface area contributed by atoms with Crippen LogP contribution >= 0.6 is 0 Å². The summed E-state index contributed by atoms with van der Waals surface area (Å²) in [6, 6.07) is 17.9. The second-order valence-electron chi connectivity index (χ2n) is 14.1. The molecule has 48 heavy (non-hydrogen) atoms. The van der Waals surface area contributed by atoms with Crippen LogP contribution in [0.15, 0.2) is 60.7 Å². The van der Waals surface area contributed by atoms with E-state index in [1.54, 1.807) is 14.2 Å². The molecule has 3 aromatic carbocycles. The van der Waals surface area contributed by atoms with Crippen LogP contribution in [0.2, 0.25) is 0 Å². The third-order valence-corrected chi connectivity index (χ3v) is 11.6. The van der Waals surface area contributed by atoms with Crippen LogP contribution in [-0.2, 0) is 31.9 Å². The van der Waals surface area contributed by atoms with Gasteiger partial charge in [-0.05, 0) is 108 Å². The molecular formula is C40H44O8. The van der Waals surface area contributed by atoms with Crippen LogP contribution in [0.5, 0.6) is 23.0 Å². The minimum absolute atomic E-state index is 0.00987. The minimum Gasteiger partial charge on any atom is -0.504 e. The molecule has 2 fully saturated rings. The number of allylic oxidation sites excluding steroid dienone is 1. The Morgan fingerprint density at radius 3 is 2.21 bits per heavy atom. The van der Waals surface area contributed by atoms with E-state index in [0.717, 1.165) is 47.1 Å². The lowest BCUT2D eigenvalue weighted by atomic mass is 9.40. The van der Waals surface area contributed by atoms with E-state index >= 15 is 0 Å². The Morgan fingerprint density at radius 2 is 1.50 bits per heavy atom. The van der Waals surface area contributed by atoms with Crippen molar-refractivity contribution in [2.24, 2.45) is 23.2 Å². The number of esters is 2. The topological polar surface area (TPSA) is 112 Å². The lowest BCUT2D eigenvalue weighted by molar-refractivity contribution is -0.169. The smallest absolute Gasteiger partial charge is 0.302 e. The Bertz CT molecular complexity index is 1750. The highest BCUT2D eigenvalue weighted by Gasteiger charge is 2.63. The van der Waals surface area contributed by atoms with Crippen LogP contribution < -0.4 is 9.47 Å². The number of aromatic hydroxyl groups is 2. The molecule has 8 nitrogen and oxygen atoms in total. The van der Waals surface area contributed by atoms with Crippen LogP contribution in [0.4, 0.5) is 0 Å². The summed E-state index contributed by atoms with van der Waals surface area (Å²) in [4.78, 5) is 25.4. The number of phenols is 2. The van der Waals surface area contributed by atoms with Gasteiger partial charge in [0.25, 0.3) is 0 Å². The van der Waals surface area contributed by atoms with Crippen molar-refractivity contribution in [3.05, 3.63) is 88.5 Å². The molecule has 2 N–H and O–H groups in total. The van der Waals surface area contributed by atoms with E-state index in [9.17, 15) is 19.8 Å². The van der Waals surface area contributed by atoms with E-state index < -0.39 is 17.6 Å². The van der Waals surface area contributed by atoms with Crippen molar-refractivity contribution in [1.82, 2.24) is 0 Å². The zero-order valence-corrected chi connectivity index (χ0v) is 28.0. The number of hydrogen-bond acceptors (Lipinski definition) is 8. The fourth-order valence-electron chi connectivity index (χ4n) is 10.1. The molecule has 0 aromatic heterocycles. The van der Waals surface area contributed by atoms with Crippen LogP contribution in [0.3, 0.4) is 0 Å². The van der Waals surface area contributed by atoms with E-state index in [0.29, 0.717) is 30.8 Å². The minimum atomic E-state index is -0.529. The molecule has 0 saturated heterocycles. The maximum absolute atomic E-state index is 12.9. The van der Waals surface area contributed by atoms with Gasteiger partial charge in [-0.15, -0.1) is 0 Å². The molecule has 8 unspecified atom stereocenters. The Kier molecular flexibility index (Phi) is 8.38. The third kappa shape index (κ3) is 5.39. The molecule has 2 saturated carbocycles. The Labute approximate surface area is 281 Å². The zero-order valence-electron chi connectivity index (χ0n) is 28.0. The van der Waals surface area contributed by atoms with Gasteiger partial charge in [0.1, 0.15) is 12.2 Å². The van der Waals surface area contributed by atoms with Crippen molar-refractivity contribution >= 4 is 18.0 Å². The third-order valence-electron chi connectivity index (χ3n) is 11.6. The maximum atomic E-state index is 12.9. The lowest BCUT2D eigenvalue weighted by Gasteiger charge is -2.64. The van der Waals surface area contributed by atoms with Crippen molar-refractivity contribution in [2.75, 3.05) is 14.2 Å². The molecule has 0 amide bonds. The number of phenolic OH excluding ortho intramolecular Hbond substituents is 2. The number of carbonyl (C=O) groups excluding carboxylic acids is 2. The molecule has 0 spiro atoms. The SMILES string of the molecule is COc1cc2c(cc1O)C1CCC3Cc4cc(O)c(OC)cc4C4CC(OC(C)=O)CC(OC(C)=O)C(C2)C1(C=Cc1ccccc1)C34. The van der Waals surface area contributed by atoms with Gasteiger partial charge in [-0.25, -0.2) is 0 Å². The molecular weight excluding hydrogens is 608 g/mol. The van der Waals surface area contributed by atoms with Gasteiger partial charge in [-0.3, -0.25) is 9.59 Å². The van der Waals surface area contributed by atoms with Gasteiger partial charge >= 0.3 is 11.9 Å². The van der Waals surface area contributed by atoms with E-state index in [-0.39, 0.29) is 53.0 Å². The molecule has 0 radical (unpaired) electrons. The first-order chi connectivity index (χ1) is 23.1. The summed E-state index contributed by atoms with van der Waals surface area (Å²) in [5, 5.41) is 22.0. The Balaban J connectivity index is 1.52. The summed E-state index contributed by atoms with van der Waals surface area (Å²) in [5.41, 5.74) is 4.95. The standard InChI is InChI=1S/C40H44O8/c1-22(41)47-28-18-31-29-21-38(46-4)34(43)16-26(29)14-25-10-11-32-30-20-35(44)37(45-3)17-27(30)15-33(36(19-28)48-23(2)42)40(32,39(25)31)13-12-24-8-6-5-7-9-24/h5-9,12-13,16-17,20-21,25,28,31-33,36,39,43-44H,10-11,14-15,18-19H2,1-4H3. The fraction of sp³-hybridized carbons (Fsp3) is 0.450. The second kappa shape index (κ2) is 12.5. The van der Waals surface area contributed by atoms with Crippen LogP contribution in [0.1, 0.15) is 79.2 Å². The number of ether oxygens (including phenoxy) is 4. The van der Waals surface area contributed by atoms with Crippen molar-refractivity contribution in [3.8, 4) is 23.0 Å². The normalized spacial score (nSPS) is 30.1. The van der Waals surface area contributed by atoms with E-state index in [1.807, 2.05) is 42.5 Å². The van der Waals surface area contributed by atoms with E-state index in [1.165, 1.54) is 13.8 Å². The van der Waals surface area contributed by atoms with Gasteiger partial charge in [-0.1, -0.05) is 42.5 Å². The van der Waals surface area contributed by atoms with Gasteiger partial charge in [0, 0.05) is 31.6 Å². The predicted octanol–water partition coefficient (Wildman–Crippen LogP) is 7.09. The highest BCUT2D eigenvalue weighted by molar-refractivity contribution is 5.67. The van der Waals surface area contributed by atoms with Gasteiger partial charge < -0.3 is 29.2 Å². The summed E-state index contributed by atoms with van der Waals surface area (Å²) in [7, 11) is 3.12. The van der Waals surface area contributed by atoms with E-state index in [4.69, 9.17) is 18.9 Å². The first-order valence-corrected chi connectivity index (χ1v) is 17.0. The maximum Gasteiger partial charge on any atom is 0.302 e. The van der Waals surface area contributed by atoms with E-state index in [2.05, 4.69) is 24.3 Å². The number of benzene rings is 3. The summed E-state index contributed by atoms with van der Waals surface area (Å²) < 4.78 is 23.5. The highest BCUT2D eigenvalue weighted by atomic mass is 16.6. The number of hydrogen-bond donors (Lipinski definition) is 2. The van der Waals surface area contributed by atoms with Gasteiger partial charge in [0.15, 0.2) is 23.0 Å². The van der Waals surface area contributed by atoms with Crippen LogP contribution in [-0.4, -0.2) is 48.6 Å². The molecule has 0 bridgehead atoms. The Hall–Kier alpha value is -4.46. The molecule has 8 heteroatoms. The molecule has 8 atom stereocenters. The molecule has 252 valence electrons. The molecule has 3 aromatic rings. The van der Waals surface area contributed by atoms with Crippen molar-refractivity contribution in [3.63, 3.8) is 0 Å².